The standard InChI is InChI=1S/C6H10.C5H12/c1-2-6-4-3-5(1)6;1-4-5(2)3/h5-6H,1-4H2;5H,4H2,1-3H3. The molecule has 0 heteroatoms. The van der Waals surface area contributed by atoms with Crippen molar-refractivity contribution >= 4 is 0 Å². The first-order valence-electron chi connectivity index (χ1n) is 5.24. The molecule has 0 bridgehead atoms. The topological polar surface area (TPSA) is 0 Å². The average Bonchev–Trinajstić information content (AvgIpc) is 1.98. The number of hydrogen-bond donors (Lipinski definition) is 0. The lowest BCUT2D eigenvalue weighted by Gasteiger charge is -2.46. The van der Waals surface area contributed by atoms with E-state index in [0.717, 1.165) is 5.92 Å². The van der Waals surface area contributed by atoms with Crippen LogP contribution in [0, 0.1) is 17.8 Å². The normalized spacial score (nSPS) is 32.7. The molecule has 2 rings (SSSR count). The van der Waals surface area contributed by atoms with Gasteiger partial charge in [-0.15, -0.1) is 0 Å². The van der Waals surface area contributed by atoms with E-state index in [0.29, 0.717) is 0 Å². The maximum absolute atomic E-state index is 2.22. The van der Waals surface area contributed by atoms with Crippen molar-refractivity contribution in [2.24, 2.45) is 17.8 Å². The second kappa shape index (κ2) is 4.13. The third-order valence-corrected chi connectivity index (χ3v) is 3.30. The van der Waals surface area contributed by atoms with Crippen molar-refractivity contribution in [1.29, 1.82) is 0 Å². The lowest BCUT2D eigenvalue weighted by atomic mass is 9.60. The first-order chi connectivity index (χ1) is 5.24. The van der Waals surface area contributed by atoms with Crippen LogP contribution in [-0.4, -0.2) is 0 Å². The van der Waals surface area contributed by atoms with Crippen LogP contribution in [0.2, 0.25) is 0 Å². The van der Waals surface area contributed by atoms with E-state index < -0.39 is 0 Å². The Hall–Kier alpha value is 0. The summed E-state index contributed by atoms with van der Waals surface area (Å²) in [6.07, 6.45) is 7.55. The third-order valence-electron chi connectivity index (χ3n) is 3.30. The van der Waals surface area contributed by atoms with Crippen molar-refractivity contribution in [3.05, 3.63) is 0 Å². The molecule has 0 atom stereocenters. The molecule has 0 aliphatic heterocycles. The molecule has 0 heterocycles. The van der Waals surface area contributed by atoms with Crippen LogP contribution in [0.5, 0.6) is 0 Å². The summed E-state index contributed by atoms with van der Waals surface area (Å²) in [5, 5.41) is 0. The largest absolute Gasteiger partial charge is 0.0651 e. The highest BCUT2D eigenvalue weighted by Crippen LogP contribution is 2.49. The Morgan fingerprint density at radius 2 is 1.27 bits per heavy atom. The summed E-state index contributed by atoms with van der Waals surface area (Å²) in [5.41, 5.74) is 0. The zero-order chi connectivity index (χ0) is 8.27. The van der Waals surface area contributed by atoms with E-state index in [-0.39, 0.29) is 0 Å². The van der Waals surface area contributed by atoms with Crippen LogP contribution in [0.1, 0.15) is 52.9 Å². The molecule has 0 spiro atoms. The van der Waals surface area contributed by atoms with Crippen LogP contribution in [0.3, 0.4) is 0 Å². The molecule has 0 radical (unpaired) electrons. The van der Waals surface area contributed by atoms with Gasteiger partial charge in [0.05, 0.1) is 0 Å². The van der Waals surface area contributed by atoms with E-state index in [9.17, 15) is 0 Å². The SMILES string of the molecule is C1CC2CCC12.CCC(C)C. The van der Waals surface area contributed by atoms with E-state index in [2.05, 4.69) is 20.8 Å². The van der Waals surface area contributed by atoms with Crippen molar-refractivity contribution in [3.8, 4) is 0 Å². The van der Waals surface area contributed by atoms with Crippen molar-refractivity contribution in [2.75, 3.05) is 0 Å². The van der Waals surface area contributed by atoms with Gasteiger partial charge in [0.25, 0.3) is 0 Å². The molecule has 2 aliphatic rings. The molecule has 0 N–H and O–H groups in total. The molecular formula is C11H22. The van der Waals surface area contributed by atoms with Gasteiger partial charge >= 0.3 is 0 Å². The van der Waals surface area contributed by atoms with Crippen molar-refractivity contribution < 1.29 is 0 Å². The molecule has 66 valence electrons. The smallest absolute Gasteiger partial charge is 0.0386 e. The van der Waals surface area contributed by atoms with Crippen molar-refractivity contribution in [2.45, 2.75) is 52.9 Å². The van der Waals surface area contributed by atoms with Gasteiger partial charge in [-0.3, -0.25) is 0 Å². The van der Waals surface area contributed by atoms with Crippen LogP contribution in [-0.2, 0) is 0 Å². The molecule has 0 unspecified atom stereocenters. The molecule has 2 saturated carbocycles. The van der Waals surface area contributed by atoms with Gasteiger partial charge in [0, 0.05) is 0 Å². The first kappa shape index (κ1) is 9.09. The summed E-state index contributed by atoms with van der Waals surface area (Å²) >= 11 is 0. The van der Waals surface area contributed by atoms with E-state index in [1.807, 2.05) is 0 Å². The van der Waals surface area contributed by atoms with Gasteiger partial charge in [-0.05, 0) is 43.4 Å². The average molecular weight is 154 g/mol. The lowest BCUT2D eigenvalue weighted by molar-refractivity contribution is 0.0548. The van der Waals surface area contributed by atoms with Gasteiger partial charge in [0.2, 0.25) is 0 Å². The predicted octanol–water partition coefficient (Wildman–Crippen LogP) is 3.86. The Kier molecular flexibility index (Phi) is 3.42. The fourth-order valence-corrected chi connectivity index (χ4v) is 1.56. The monoisotopic (exact) mass is 154 g/mol. The minimum atomic E-state index is 0.884. The predicted molar refractivity (Wildman–Crippen MR) is 50.6 cm³/mol. The molecule has 2 aliphatic carbocycles. The van der Waals surface area contributed by atoms with Gasteiger partial charge < -0.3 is 0 Å². The van der Waals surface area contributed by atoms with Gasteiger partial charge in [-0.2, -0.15) is 0 Å². The molecule has 0 aromatic heterocycles. The molecule has 2 fully saturated rings. The summed E-state index contributed by atoms with van der Waals surface area (Å²) in [6.45, 7) is 6.64. The van der Waals surface area contributed by atoms with Crippen LogP contribution in [0.15, 0.2) is 0 Å². The Bertz CT molecular complexity index is 86.6. The van der Waals surface area contributed by atoms with E-state index >= 15 is 0 Å². The maximum atomic E-state index is 2.22. The molecular weight excluding hydrogens is 132 g/mol. The van der Waals surface area contributed by atoms with Gasteiger partial charge in [0.15, 0.2) is 0 Å². The summed E-state index contributed by atoms with van der Waals surface area (Å²) in [5.74, 6) is 3.31. The second-order valence-electron chi connectivity index (χ2n) is 4.48. The highest BCUT2D eigenvalue weighted by Gasteiger charge is 2.37. The maximum Gasteiger partial charge on any atom is -0.0386 e. The molecule has 0 nitrogen and oxygen atoms in total. The lowest BCUT2D eigenvalue weighted by Crippen LogP contribution is -2.34. The molecule has 0 amide bonds. The van der Waals surface area contributed by atoms with Crippen LogP contribution >= 0.6 is 0 Å². The third kappa shape index (κ3) is 2.50. The number of hydrogen-bond acceptors (Lipinski definition) is 0. The quantitative estimate of drug-likeness (QED) is 0.538. The van der Waals surface area contributed by atoms with Gasteiger partial charge in [0.1, 0.15) is 0 Å². The van der Waals surface area contributed by atoms with Gasteiger partial charge in [-0.1, -0.05) is 27.2 Å². The summed E-state index contributed by atoms with van der Waals surface area (Å²) in [4.78, 5) is 0. The molecule has 0 saturated heterocycles. The van der Waals surface area contributed by atoms with Crippen LogP contribution < -0.4 is 0 Å². The highest BCUT2D eigenvalue weighted by molar-refractivity contribution is 4.89. The summed E-state index contributed by atoms with van der Waals surface area (Å²) in [6, 6.07) is 0. The summed E-state index contributed by atoms with van der Waals surface area (Å²) in [7, 11) is 0. The van der Waals surface area contributed by atoms with Crippen molar-refractivity contribution in [1.82, 2.24) is 0 Å². The second-order valence-corrected chi connectivity index (χ2v) is 4.48. The fraction of sp³-hybridized carbons (Fsp3) is 1.00. The minimum absolute atomic E-state index is 0.884. The van der Waals surface area contributed by atoms with E-state index in [1.165, 1.54) is 18.3 Å². The van der Waals surface area contributed by atoms with Crippen LogP contribution in [0.4, 0.5) is 0 Å². The fourth-order valence-electron chi connectivity index (χ4n) is 1.56. The summed E-state index contributed by atoms with van der Waals surface area (Å²) < 4.78 is 0. The first-order valence-corrected chi connectivity index (χ1v) is 5.24. The number of rotatable bonds is 1. The zero-order valence-corrected chi connectivity index (χ0v) is 8.27. The van der Waals surface area contributed by atoms with Gasteiger partial charge in [-0.25, -0.2) is 0 Å². The Labute approximate surface area is 71.4 Å². The van der Waals surface area contributed by atoms with E-state index in [4.69, 9.17) is 0 Å². The number of fused-ring (bicyclic) bond motifs is 1. The molecule has 0 aromatic carbocycles. The molecule has 0 aromatic rings. The van der Waals surface area contributed by atoms with Crippen molar-refractivity contribution in [3.63, 3.8) is 0 Å². The zero-order valence-electron chi connectivity index (χ0n) is 8.27. The minimum Gasteiger partial charge on any atom is -0.0651 e. The Morgan fingerprint density at radius 3 is 1.27 bits per heavy atom. The highest BCUT2D eigenvalue weighted by atomic mass is 14.4. The molecule has 11 heavy (non-hydrogen) atoms. The van der Waals surface area contributed by atoms with Crippen LogP contribution in [0.25, 0.3) is 0 Å². The Balaban J connectivity index is 0.000000114. The Morgan fingerprint density at radius 1 is 1.00 bits per heavy atom. The van der Waals surface area contributed by atoms with E-state index in [1.54, 1.807) is 25.7 Å².